The van der Waals surface area contributed by atoms with Gasteiger partial charge in [0.15, 0.2) is 6.10 Å². The molecule has 1 rings (SSSR count). The molecular weight excluding hydrogens is 306 g/mol. The van der Waals surface area contributed by atoms with E-state index in [1.807, 2.05) is 0 Å². The predicted octanol–water partition coefficient (Wildman–Crippen LogP) is 3.88. The van der Waals surface area contributed by atoms with Gasteiger partial charge in [-0.05, 0) is 25.1 Å². The Labute approximate surface area is 130 Å². The predicted molar refractivity (Wildman–Crippen MR) is 84.0 cm³/mol. The van der Waals surface area contributed by atoms with Crippen LogP contribution in [-0.4, -0.2) is 25.3 Å². The van der Waals surface area contributed by atoms with Crippen molar-refractivity contribution in [2.45, 2.75) is 45.5 Å². The number of benzene rings is 1. The average Bonchev–Trinajstić information content (AvgIpc) is 2.35. The lowest BCUT2D eigenvalue weighted by Gasteiger charge is -2.18. The summed E-state index contributed by atoms with van der Waals surface area (Å²) < 4.78 is 32.6. The molecule has 0 bridgehead atoms. The van der Waals surface area contributed by atoms with E-state index in [1.54, 1.807) is 6.07 Å². The van der Waals surface area contributed by atoms with Crippen LogP contribution in [0.5, 0.6) is 5.75 Å². The highest BCUT2D eigenvalue weighted by atomic mass is 28.3. The Morgan fingerprint density at radius 1 is 1.36 bits per heavy atom. The molecule has 0 heterocycles. The molecule has 3 nitrogen and oxygen atoms in total. The Hall–Kier alpha value is -1.87. The molecular formula is C16H20F2O3Si. The maximum Gasteiger partial charge on any atom is 0.344 e. The van der Waals surface area contributed by atoms with Crippen molar-refractivity contribution in [2.75, 3.05) is 0 Å². The fourth-order valence-electron chi connectivity index (χ4n) is 1.55. The minimum absolute atomic E-state index is 0.138. The normalized spacial score (nSPS) is 13.0. The number of rotatable bonds is 4. The third kappa shape index (κ3) is 5.49. The summed E-state index contributed by atoms with van der Waals surface area (Å²) >= 11 is 0. The molecule has 6 heteroatoms. The van der Waals surface area contributed by atoms with E-state index in [2.05, 4.69) is 31.1 Å². The van der Waals surface area contributed by atoms with Crippen molar-refractivity contribution in [3.8, 4) is 17.2 Å². The standard InChI is InChI=1S/C16H20F2O3Si/c1-11(15(19)20)21-14-7-6-12(8-9-22(3,4)5)10-13(14)16(2,17)18/h6-7,10-11H,1-5H3,(H,19,20)/t11-/m0/s1. The van der Waals surface area contributed by atoms with Gasteiger partial charge in [-0.15, -0.1) is 5.54 Å². The molecule has 0 aliphatic heterocycles. The summed E-state index contributed by atoms with van der Waals surface area (Å²) in [6.45, 7) is 8.21. The lowest BCUT2D eigenvalue weighted by molar-refractivity contribution is -0.144. The zero-order valence-electron chi connectivity index (χ0n) is 13.3. The number of hydrogen-bond donors (Lipinski definition) is 1. The van der Waals surface area contributed by atoms with E-state index in [9.17, 15) is 13.6 Å². The third-order valence-electron chi connectivity index (χ3n) is 2.69. The van der Waals surface area contributed by atoms with Gasteiger partial charge in [0.05, 0.1) is 5.56 Å². The van der Waals surface area contributed by atoms with Gasteiger partial charge < -0.3 is 9.84 Å². The summed E-state index contributed by atoms with van der Waals surface area (Å²) in [5.41, 5.74) is 3.21. The van der Waals surface area contributed by atoms with Crippen LogP contribution in [0.3, 0.4) is 0 Å². The average molecular weight is 326 g/mol. The van der Waals surface area contributed by atoms with Gasteiger partial charge >= 0.3 is 5.97 Å². The number of hydrogen-bond acceptors (Lipinski definition) is 2. The van der Waals surface area contributed by atoms with Crippen LogP contribution >= 0.6 is 0 Å². The molecule has 0 fully saturated rings. The number of alkyl halides is 2. The van der Waals surface area contributed by atoms with E-state index in [4.69, 9.17) is 9.84 Å². The largest absolute Gasteiger partial charge is 0.479 e. The van der Waals surface area contributed by atoms with Crippen LogP contribution < -0.4 is 4.74 Å². The Bertz CT molecular complexity index is 619. The van der Waals surface area contributed by atoms with Gasteiger partial charge in [0.2, 0.25) is 0 Å². The minimum atomic E-state index is -3.15. The highest BCUT2D eigenvalue weighted by Gasteiger charge is 2.30. The summed E-state index contributed by atoms with van der Waals surface area (Å²) in [5.74, 6) is -1.59. The van der Waals surface area contributed by atoms with Crippen LogP contribution in [0.25, 0.3) is 0 Å². The number of carboxylic acids is 1. The SMILES string of the molecule is C[C@H](Oc1ccc(C#C[Si](C)(C)C)cc1C(C)(F)F)C(=O)O. The quantitative estimate of drug-likeness (QED) is 0.675. The van der Waals surface area contributed by atoms with E-state index >= 15 is 0 Å². The molecule has 0 unspecified atom stereocenters. The van der Waals surface area contributed by atoms with Gasteiger partial charge in [-0.25, -0.2) is 13.6 Å². The van der Waals surface area contributed by atoms with E-state index in [1.165, 1.54) is 19.1 Å². The van der Waals surface area contributed by atoms with Crippen molar-refractivity contribution in [1.82, 2.24) is 0 Å². The summed E-state index contributed by atoms with van der Waals surface area (Å²) in [5, 5.41) is 8.84. The zero-order chi connectivity index (χ0) is 17.1. The first kappa shape index (κ1) is 18.2. The third-order valence-corrected chi connectivity index (χ3v) is 3.56. The second kappa shape index (κ2) is 6.49. The van der Waals surface area contributed by atoms with Crippen LogP contribution in [-0.2, 0) is 10.7 Å². The van der Waals surface area contributed by atoms with E-state index in [-0.39, 0.29) is 11.3 Å². The van der Waals surface area contributed by atoms with Gasteiger partial charge in [-0.3, -0.25) is 0 Å². The van der Waals surface area contributed by atoms with Crippen LogP contribution in [0.15, 0.2) is 18.2 Å². The Balaban J connectivity index is 3.25. The maximum absolute atomic E-state index is 13.8. The molecule has 0 aliphatic carbocycles. The summed E-state index contributed by atoms with van der Waals surface area (Å²) in [6.07, 6.45) is -1.21. The highest BCUT2D eigenvalue weighted by molar-refractivity contribution is 6.83. The lowest BCUT2D eigenvalue weighted by Crippen LogP contribution is -2.24. The van der Waals surface area contributed by atoms with Gasteiger partial charge in [0.1, 0.15) is 13.8 Å². The van der Waals surface area contributed by atoms with Gasteiger partial charge in [0, 0.05) is 12.5 Å². The molecule has 0 aromatic heterocycles. The fourth-order valence-corrected chi connectivity index (χ4v) is 2.07. The van der Waals surface area contributed by atoms with Crippen LogP contribution in [0, 0.1) is 11.5 Å². The molecule has 0 spiro atoms. The zero-order valence-corrected chi connectivity index (χ0v) is 14.3. The van der Waals surface area contributed by atoms with Gasteiger partial charge in [-0.2, -0.15) is 0 Å². The number of aliphatic carboxylic acids is 1. The second-order valence-electron chi connectivity index (χ2n) is 6.20. The first-order valence-electron chi connectivity index (χ1n) is 6.85. The van der Waals surface area contributed by atoms with E-state index < -0.39 is 26.1 Å². The lowest BCUT2D eigenvalue weighted by atomic mass is 10.1. The molecule has 22 heavy (non-hydrogen) atoms. The highest BCUT2D eigenvalue weighted by Crippen LogP contribution is 2.35. The molecule has 0 saturated carbocycles. The monoisotopic (exact) mass is 326 g/mol. The Kier molecular flexibility index (Phi) is 5.36. The van der Waals surface area contributed by atoms with Crippen molar-refractivity contribution < 1.29 is 23.4 Å². The van der Waals surface area contributed by atoms with Crippen molar-refractivity contribution in [1.29, 1.82) is 0 Å². The minimum Gasteiger partial charge on any atom is -0.479 e. The first-order chi connectivity index (χ1) is 9.90. The summed E-state index contributed by atoms with van der Waals surface area (Å²) in [7, 11) is -1.62. The molecule has 1 aromatic carbocycles. The molecule has 120 valence electrons. The first-order valence-corrected chi connectivity index (χ1v) is 10.3. The number of ether oxygens (including phenoxy) is 1. The van der Waals surface area contributed by atoms with E-state index in [0.29, 0.717) is 5.56 Å². The smallest absolute Gasteiger partial charge is 0.344 e. The van der Waals surface area contributed by atoms with Crippen LogP contribution in [0.1, 0.15) is 25.0 Å². The molecule has 1 atom stereocenters. The van der Waals surface area contributed by atoms with E-state index in [0.717, 1.165) is 6.92 Å². The van der Waals surface area contributed by atoms with Crippen molar-refractivity contribution in [3.63, 3.8) is 0 Å². The molecule has 0 aliphatic rings. The molecule has 1 aromatic rings. The molecule has 1 N–H and O–H groups in total. The molecule has 0 radical (unpaired) electrons. The number of carboxylic acid groups (broad SMARTS) is 1. The Morgan fingerprint density at radius 2 is 1.95 bits per heavy atom. The Morgan fingerprint density at radius 3 is 2.41 bits per heavy atom. The van der Waals surface area contributed by atoms with Crippen LogP contribution in [0.4, 0.5) is 8.78 Å². The van der Waals surface area contributed by atoms with Gasteiger partial charge in [0.25, 0.3) is 5.92 Å². The summed E-state index contributed by atoms with van der Waals surface area (Å²) in [6, 6.07) is 4.17. The van der Waals surface area contributed by atoms with Crippen LogP contribution in [0.2, 0.25) is 19.6 Å². The van der Waals surface area contributed by atoms with Crippen molar-refractivity contribution in [3.05, 3.63) is 29.3 Å². The van der Waals surface area contributed by atoms with Crippen molar-refractivity contribution >= 4 is 14.0 Å². The molecule has 0 saturated heterocycles. The van der Waals surface area contributed by atoms with Crippen molar-refractivity contribution in [2.24, 2.45) is 0 Å². The number of carbonyl (C=O) groups is 1. The topological polar surface area (TPSA) is 46.5 Å². The second-order valence-corrected chi connectivity index (χ2v) is 10.9. The maximum atomic E-state index is 13.8. The summed E-state index contributed by atoms with van der Waals surface area (Å²) in [4.78, 5) is 10.8. The van der Waals surface area contributed by atoms with Gasteiger partial charge in [-0.1, -0.05) is 25.6 Å². The number of halogens is 2. The fraction of sp³-hybridized carbons (Fsp3) is 0.438. The molecule has 0 amide bonds.